The Morgan fingerprint density at radius 3 is 2.95 bits per heavy atom. The van der Waals surface area contributed by atoms with E-state index < -0.39 is 0 Å². The van der Waals surface area contributed by atoms with Crippen LogP contribution in [0.15, 0.2) is 28.8 Å². The van der Waals surface area contributed by atoms with E-state index >= 15 is 0 Å². The third-order valence-electron chi connectivity index (χ3n) is 4.25. The molecule has 0 radical (unpaired) electrons. The quantitative estimate of drug-likeness (QED) is 0.939. The summed E-state index contributed by atoms with van der Waals surface area (Å²) in [5.74, 6) is 0.906. The van der Waals surface area contributed by atoms with Crippen molar-refractivity contribution < 1.29 is 9.32 Å². The number of hydrogen-bond acceptors (Lipinski definition) is 3. The predicted molar refractivity (Wildman–Crippen MR) is 79.9 cm³/mol. The predicted octanol–water partition coefficient (Wildman–Crippen LogP) is 3.03. The van der Waals surface area contributed by atoms with E-state index in [0.29, 0.717) is 12.8 Å². The fourth-order valence-corrected chi connectivity index (χ4v) is 3.07. The maximum atomic E-state index is 12.2. The molecular weight excluding hydrogens is 264 g/mol. The minimum absolute atomic E-state index is 0.0942. The van der Waals surface area contributed by atoms with Crippen LogP contribution in [-0.4, -0.2) is 11.1 Å². The second-order valence-electron chi connectivity index (χ2n) is 5.66. The monoisotopic (exact) mass is 284 g/mol. The molecule has 0 aliphatic heterocycles. The maximum Gasteiger partial charge on any atom is 0.220 e. The zero-order valence-electron chi connectivity index (χ0n) is 12.5. The fourth-order valence-electron chi connectivity index (χ4n) is 3.07. The number of hydrogen-bond donors (Lipinski definition) is 1. The van der Waals surface area contributed by atoms with Gasteiger partial charge >= 0.3 is 0 Å². The van der Waals surface area contributed by atoms with Gasteiger partial charge in [-0.05, 0) is 44.2 Å². The van der Waals surface area contributed by atoms with Gasteiger partial charge in [-0.2, -0.15) is 0 Å². The Morgan fingerprint density at radius 2 is 2.19 bits per heavy atom. The van der Waals surface area contributed by atoms with Gasteiger partial charge in [0.2, 0.25) is 5.91 Å². The number of benzene rings is 1. The number of rotatable bonds is 4. The average molecular weight is 284 g/mol. The van der Waals surface area contributed by atoms with Crippen molar-refractivity contribution in [2.24, 2.45) is 0 Å². The maximum absolute atomic E-state index is 12.2. The summed E-state index contributed by atoms with van der Waals surface area (Å²) in [5.41, 5.74) is 4.56. The Bertz CT molecular complexity index is 641. The van der Waals surface area contributed by atoms with E-state index in [-0.39, 0.29) is 11.9 Å². The Hall–Kier alpha value is -2.10. The van der Waals surface area contributed by atoms with E-state index in [2.05, 4.69) is 28.7 Å². The highest BCUT2D eigenvalue weighted by molar-refractivity contribution is 5.77. The molecule has 0 unspecified atom stereocenters. The number of fused-ring (bicyclic) bond motifs is 1. The van der Waals surface area contributed by atoms with Crippen molar-refractivity contribution in [1.82, 2.24) is 10.5 Å². The van der Waals surface area contributed by atoms with Crippen LogP contribution < -0.4 is 5.32 Å². The van der Waals surface area contributed by atoms with Crippen LogP contribution >= 0.6 is 0 Å². The third kappa shape index (κ3) is 2.84. The van der Waals surface area contributed by atoms with Crippen molar-refractivity contribution in [3.63, 3.8) is 0 Å². The van der Waals surface area contributed by atoms with Crippen LogP contribution in [0, 0.1) is 13.8 Å². The molecule has 0 saturated heterocycles. The SMILES string of the molecule is Cc1noc(C)c1CCC(=O)N[C@H]1CCc2ccccc21. The molecule has 0 fully saturated rings. The topological polar surface area (TPSA) is 55.1 Å². The van der Waals surface area contributed by atoms with Gasteiger partial charge in [-0.1, -0.05) is 29.4 Å². The van der Waals surface area contributed by atoms with Gasteiger partial charge < -0.3 is 9.84 Å². The van der Waals surface area contributed by atoms with Crippen LogP contribution in [-0.2, 0) is 17.6 Å². The summed E-state index contributed by atoms with van der Waals surface area (Å²) in [7, 11) is 0. The first-order valence-electron chi connectivity index (χ1n) is 7.44. The highest BCUT2D eigenvalue weighted by Crippen LogP contribution is 2.30. The summed E-state index contributed by atoms with van der Waals surface area (Å²) >= 11 is 0. The minimum atomic E-state index is 0.0942. The molecule has 4 heteroatoms. The van der Waals surface area contributed by atoms with Crippen LogP contribution in [0.4, 0.5) is 0 Å². The summed E-state index contributed by atoms with van der Waals surface area (Å²) in [6.45, 7) is 3.80. The van der Waals surface area contributed by atoms with Crippen molar-refractivity contribution in [3.8, 4) is 0 Å². The van der Waals surface area contributed by atoms with Crippen molar-refractivity contribution >= 4 is 5.91 Å². The molecule has 1 heterocycles. The van der Waals surface area contributed by atoms with Crippen molar-refractivity contribution in [1.29, 1.82) is 0 Å². The Balaban J connectivity index is 1.58. The molecule has 1 aromatic carbocycles. The number of nitrogens with one attached hydrogen (secondary N) is 1. The first-order valence-corrected chi connectivity index (χ1v) is 7.44. The van der Waals surface area contributed by atoms with Gasteiger partial charge in [0.1, 0.15) is 5.76 Å². The molecule has 1 amide bonds. The fraction of sp³-hybridized carbons (Fsp3) is 0.412. The second-order valence-corrected chi connectivity index (χ2v) is 5.66. The van der Waals surface area contributed by atoms with Crippen molar-refractivity contribution in [2.75, 3.05) is 0 Å². The number of carbonyl (C=O) groups excluding carboxylic acids is 1. The molecule has 1 N–H and O–H groups in total. The molecule has 21 heavy (non-hydrogen) atoms. The summed E-state index contributed by atoms with van der Waals surface area (Å²) < 4.78 is 5.13. The lowest BCUT2D eigenvalue weighted by atomic mass is 10.1. The van der Waals surface area contributed by atoms with Crippen LogP contribution in [0.2, 0.25) is 0 Å². The smallest absolute Gasteiger partial charge is 0.220 e. The van der Waals surface area contributed by atoms with Crippen molar-refractivity contribution in [2.45, 2.75) is 45.6 Å². The first kappa shape index (κ1) is 13.9. The van der Waals surface area contributed by atoms with E-state index in [1.807, 2.05) is 19.9 Å². The van der Waals surface area contributed by atoms with Gasteiger partial charge in [0.05, 0.1) is 11.7 Å². The van der Waals surface area contributed by atoms with Crippen LogP contribution in [0.3, 0.4) is 0 Å². The largest absolute Gasteiger partial charge is 0.361 e. The highest BCUT2D eigenvalue weighted by Gasteiger charge is 2.23. The molecule has 1 aliphatic carbocycles. The van der Waals surface area contributed by atoms with Crippen LogP contribution in [0.1, 0.15) is 47.0 Å². The molecule has 1 atom stereocenters. The number of nitrogens with zero attached hydrogens (tertiary/aromatic N) is 1. The van der Waals surface area contributed by atoms with Crippen LogP contribution in [0.5, 0.6) is 0 Å². The molecule has 110 valence electrons. The third-order valence-corrected chi connectivity index (χ3v) is 4.25. The van der Waals surface area contributed by atoms with Gasteiger partial charge in [-0.15, -0.1) is 0 Å². The average Bonchev–Trinajstić information content (AvgIpc) is 3.02. The molecule has 0 saturated carbocycles. The normalized spacial score (nSPS) is 16.8. The lowest BCUT2D eigenvalue weighted by Crippen LogP contribution is -2.27. The zero-order valence-corrected chi connectivity index (χ0v) is 12.5. The van der Waals surface area contributed by atoms with Crippen molar-refractivity contribution in [3.05, 3.63) is 52.4 Å². The number of carbonyl (C=O) groups is 1. The standard InChI is InChI=1S/C17H20N2O2/c1-11-14(12(2)21-19-11)8-10-17(20)18-16-9-7-13-5-3-4-6-15(13)16/h3-6,16H,7-10H2,1-2H3,(H,18,20)/t16-/m0/s1. The molecule has 1 aromatic heterocycles. The lowest BCUT2D eigenvalue weighted by molar-refractivity contribution is -0.121. The Kier molecular flexibility index (Phi) is 3.78. The molecule has 3 rings (SSSR count). The van der Waals surface area contributed by atoms with Gasteiger partial charge in [0, 0.05) is 12.0 Å². The zero-order chi connectivity index (χ0) is 14.8. The van der Waals surface area contributed by atoms with Gasteiger partial charge in [0.15, 0.2) is 0 Å². The first-order chi connectivity index (χ1) is 10.1. The van der Waals surface area contributed by atoms with Gasteiger partial charge in [-0.25, -0.2) is 0 Å². The number of aromatic nitrogens is 1. The molecule has 0 bridgehead atoms. The van der Waals surface area contributed by atoms with E-state index in [1.165, 1.54) is 11.1 Å². The number of amides is 1. The number of aryl methyl sites for hydroxylation is 3. The van der Waals surface area contributed by atoms with E-state index in [0.717, 1.165) is 29.9 Å². The lowest BCUT2D eigenvalue weighted by Gasteiger charge is -2.14. The van der Waals surface area contributed by atoms with Crippen LogP contribution in [0.25, 0.3) is 0 Å². The molecule has 4 nitrogen and oxygen atoms in total. The Morgan fingerprint density at radius 1 is 1.38 bits per heavy atom. The second kappa shape index (κ2) is 5.72. The van der Waals surface area contributed by atoms with E-state index in [4.69, 9.17) is 4.52 Å². The summed E-state index contributed by atoms with van der Waals surface area (Å²) in [5, 5.41) is 7.07. The summed E-state index contributed by atoms with van der Waals surface area (Å²) in [6.07, 6.45) is 3.20. The molecule has 0 spiro atoms. The van der Waals surface area contributed by atoms with Gasteiger partial charge in [-0.3, -0.25) is 4.79 Å². The Labute approximate surface area is 124 Å². The van der Waals surface area contributed by atoms with E-state index in [9.17, 15) is 4.79 Å². The molecular formula is C17H20N2O2. The van der Waals surface area contributed by atoms with Gasteiger partial charge in [0.25, 0.3) is 0 Å². The molecule has 1 aliphatic rings. The minimum Gasteiger partial charge on any atom is -0.361 e. The summed E-state index contributed by atoms with van der Waals surface area (Å²) in [6, 6.07) is 8.51. The van der Waals surface area contributed by atoms with E-state index in [1.54, 1.807) is 0 Å². The summed E-state index contributed by atoms with van der Waals surface area (Å²) in [4.78, 5) is 12.2. The highest BCUT2D eigenvalue weighted by atomic mass is 16.5. The molecule has 2 aromatic rings.